The molecule has 0 aromatic heterocycles. The summed E-state index contributed by atoms with van der Waals surface area (Å²) in [5.74, 6) is 0.0852. The zero-order valence-corrected chi connectivity index (χ0v) is 21.0. The molecule has 2 rings (SSSR count). The number of unbranched alkanes of at least 4 members (excludes halogenated alkanes) is 1. The van der Waals surface area contributed by atoms with Crippen LogP contribution in [0.5, 0.6) is 0 Å². The Labute approximate surface area is 189 Å². The van der Waals surface area contributed by atoms with Crippen LogP contribution in [0.15, 0.2) is 0 Å². The highest BCUT2D eigenvalue weighted by molar-refractivity contribution is 6.45. The first-order chi connectivity index (χ1) is 14.3. The lowest BCUT2D eigenvalue weighted by Crippen LogP contribution is -2.63. The number of carbonyl (C=O) groups excluding carboxylic acids is 2. The van der Waals surface area contributed by atoms with Crippen molar-refractivity contribution < 1.29 is 18.9 Å². The molecule has 0 radical (unpaired) electrons. The van der Waals surface area contributed by atoms with Crippen LogP contribution in [-0.2, 0) is 18.9 Å². The highest BCUT2D eigenvalue weighted by Crippen LogP contribution is 2.41. The van der Waals surface area contributed by atoms with Crippen molar-refractivity contribution in [2.24, 2.45) is 5.92 Å². The van der Waals surface area contributed by atoms with Gasteiger partial charge in [-0.1, -0.05) is 19.8 Å². The molecule has 0 spiro atoms. The molecule has 0 bridgehead atoms. The van der Waals surface area contributed by atoms with Crippen molar-refractivity contribution >= 4 is 18.9 Å². The Balaban J connectivity index is 2.14. The van der Waals surface area contributed by atoms with Gasteiger partial charge in [-0.25, -0.2) is 0 Å². The number of nitrogens with zero attached hydrogens (tertiary/aromatic N) is 1. The molecule has 2 amide bonds. The minimum absolute atomic E-state index is 0.0525. The topological polar surface area (TPSA) is 79.9 Å². The Morgan fingerprint density at radius 3 is 2.23 bits per heavy atom. The summed E-state index contributed by atoms with van der Waals surface area (Å²) in [7, 11) is 3.86. The van der Waals surface area contributed by atoms with Gasteiger partial charge in [-0.2, -0.15) is 0 Å². The Morgan fingerprint density at radius 1 is 1.10 bits per heavy atom. The summed E-state index contributed by atoms with van der Waals surface area (Å²) in [4.78, 5) is 27.6. The molecule has 178 valence electrons. The largest absolute Gasteiger partial charge is 0.457 e. The van der Waals surface area contributed by atoms with Crippen molar-refractivity contribution in [1.29, 1.82) is 0 Å². The highest BCUT2D eigenvalue weighted by Gasteiger charge is 2.52. The van der Waals surface area contributed by atoms with E-state index in [2.05, 4.69) is 64.2 Å². The van der Waals surface area contributed by atoms with Gasteiger partial charge in [0.05, 0.1) is 11.2 Å². The smallest absolute Gasteiger partial charge is 0.403 e. The van der Waals surface area contributed by atoms with Gasteiger partial charge >= 0.3 is 7.12 Å². The molecule has 3 atom stereocenters. The molecule has 2 aliphatic rings. The van der Waals surface area contributed by atoms with Crippen molar-refractivity contribution in [2.45, 2.75) is 109 Å². The zero-order chi connectivity index (χ0) is 23.4. The van der Waals surface area contributed by atoms with Gasteiger partial charge in [0.2, 0.25) is 11.8 Å². The maximum absolute atomic E-state index is 13.3. The lowest BCUT2D eigenvalue weighted by Gasteiger charge is -2.45. The number of amides is 2. The van der Waals surface area contributed by atoms with Crippen molar-refractivity contribution in [1.82, 2.24) is 15.5 Å². The number of hydrogen-bond donors (Lipinski definition) is 2. The fraction of sp³-hybridized carbons (Fsp3) is 0.913. The maximum Gasteiger partial charge on any atom is 0.457 e. The maximum atomic E-state index is 13.3. The lowest BCUT2D eigenvalue weighted by atomic mass is 9.68. The van der Waals surface area contributed by atoms with Crippen LogP contribution >= 0.6 is 0 Å². The van der Waals surface area contributed by atoms with E-state index < -0.39 is 5.54 Å². The summed E-state index contributed by atoms with van der Waals surface area (Å²) >= 11 is 0. The summed E-state index contributed by atoms with van der Waals surface area (Å²) in [6.45, 7) is 12.5. The molecule has 0 aromatic carbocycles. The van der Waals surface area contributed by atoms with Gasteiger partial charge in [0, 0.05) is 19.5 Å². The van der Waals surface area contributed by atoms with Crippen LogP contribution in [0.4, 0.5) is 0 Å². The predicted octanol–water partition coefficient (Wildman–Crippen LogP) is 2.99. The fourth-order valence-corrected chi connectivity index (χ4v) is 4.83. The van der Waals surface area contributed by atoms with Gasteiger partial charge in [0.25, 0.3) is 0 Å². The molecule has 1 saturated carbocycles. The molecule has 3 unspecified atom stereocenters. The van der Waals surface area contributed by atoms with Crippen LogP contribution in [0.1, 0.15) is 80.1 Å². The van der Waals surface area contributed by atoms with Crippen molar-refractivity contribution in [3.63, 3.8) is 0 Å². The summed E-state index contributed by atoms with van der Waals surface area (Å²) < 4.78 is 12.4. The van der Waals surface area contributed by atoms with E-state index in [-0.39, 0.29) is 36.2 Å². The first-order valence-corrected chi connectivity index (χ1v) is 11.9. The molecule has 0 aromatic rings. The monoisotopic (exact) mass is 437 g/mol. The summed E-state index contributed by atoms with van der Waals surface area (Å²) in [5.41, 5.74) is -1.54. The van der Waals surface area contributed by atoms with Crippen LogP contribution in [-0.4, -0.2) is 67.3 Å². The molecule has 1 aliphatic carbocycles. The van der Waals surface area contributed by atoms with E-state index in [0.717, 1.165) is 32.0 Å². The molecule has 1 aliphatic heterocycles. The first kappa shape index (κ1) is 26.1. The van der Waals surface area contributed by atoms with E-state index in [9.17, 15) is 9.59 Å². The molecular formula is C23H44BN3O4. The first-order valence-electron chi connectivity index (χ1n) is 11.9. The van der Waals surface area contributed by atoms with Gasteiger partial charge in [0.1, 0.15) is 5.54 Å². The number of rotatable bonds is 9. The second-order valence-corrected chi connectivity index (χ2v) is 10.8. The Morgan fingerprint density at radius 2 is 1.71 bits per heavy atom. The van der Waals surface area contributed by atoms with E-state index in [1.807, 2.05) is 0 Å². The Kier molecular flexibility index (Phi) is 8.62. The third-order valence-corrected chi connectivity index (χ3v) is 7.34. The van der Waals surface area contributed by atoms with Crippen molar-refractivity contribution in [3.05, 3.63) is 0 Å². The van der Waals surface area contributed by atoms with Crippen LogP contribution in [0.2, 0.25) is 6.32 Å². The number of hydrogen-bond acceptors (Lipinski definition) is 5. The molecule has 2 N–H and O–H groups in total. The summed E-state index contributed by atoms with van der Waals surface area (Å²) in [6, 6.07) is 0.223. The normalized spacial score (nSPS) is 29.8. The summed E-state index contributed by atoms with van der Waals surface area (Å²) in [5, 5.41) is 6.13. The zero-order valence-electron chi connectivity index (χ0n) is 21.0. The molecule has 7 nitrogen and oxygen atoms in total. The molecule has 8 heteroatoms. The van der Waals surface area contributed by atoms with Gasteiger partial charge in [-0.05, 0) is 79.7 Å². The van der Waals surface area contributed by atoms with Crippen molar-refractivity contribution in [2.75, 3.05) is 20.6 Å². The minimum Gasteiger partial charge on any atom is -0.403 e. The third kappa shape index (κ3) is 6.45. The third-order valence-electron chi connectivity index (χ3n) is 7.34. The number of nitrogens with one attached hydrogen (secondary N) is 2. The van der Waals surface area contributed by atoms with E-state index >= 15 is 0 Å². The highest BCUT2D eigenvalue weighted by atomic mass is 16.7. The average molecular weight is 437 g/mol. The fourth-order valence-electron chi connectivity index (χ4n) is 4.83. The predicted molar refractivity (Wildman–Crippen MR) is 125 cm³/mol. The van der Waals surface area contributed by atoms with Crippen LogP contribution < -0.4 is 10.6 Å². The second kappa shape index (κ2) is 10.2. The molecule has 31 heavy (non-hydrogen) atoms. The minimum atomic E-state index is -0.868. The summed E-state index contributed by atoms with van der Waals surface area (Å²) in [6.07, 6.45) is 5.90. The number of carbonyl (C=O) groups is 2. The molecule has 1 heterocycles. The molecule has 1 saturated heterocycles. The van der Waals surface area contributed by atoms with Gasteiger partial charge in [-0.3, -0.25) is 9.59 Å². The van der Waals surface area contributed by atoms with Crippen LogP contribution in [0.3, 0.4) is 0 Å². The van der Waals surface area contributed by atoms with Crippen LogP contribution in [0.25, 0.3) is 0 Å². The second-order valence-electron chi connectivity index (χ2n) is 10.8. The van der Waals surface area contributed by atoms with Crippen molar-refractivity contribution in [3.8, 4) is 0 Å². The van der Waals surface area contributed by atoms with Gasteiger partial charge in [0.15, 0.2) is 0 Å². The molecule has 2 fully saturated rings. The molecular weight excluding hydrogens is 393 g/mol. The lowest BCUT2D eigenvalue weighted by molar-refractivity contribution is -0.136. The Hall–Kier alpha value is -1.12. The quantitative estimate of drug-likeness (QED) is 0.428. The van der Waals surface area contributed by atoms with Crippen LogP contribution in [0, 0.1) is 5.92 Å². The van der Waals surface area contributed by atoms with Gasteiger partial charge in [-0.15, -0.1) is 0 Å². The Bertz CT molecular complexity index is 624. The van der Waals surface area contributed by atoms with E-state index in [0.29, 0.717) is 25.3 Å². The van der Waals surface area contributed by atoms with Gasteiger partial charge < -0.3 is 24.8 Å². The van der Waals surface area contributed by atoms with E-state index in [1.165, 1.54) is 6.92 Å². The van der Waals surface area contributed by atoms with E-state index in [4.69, 9.17) is 9.31 Å². The van der Waals surface area contributed by atoms with E-state index in [1.54, 1.807) is 0 Å². The SMILES string of the molecule is CCCCNC(=O)C1(NC(C)=O)CC(CCB2OC(C)(C)C(C)(C)O2)CC(N(C)C)C1. The standard InChI is InChI=1S/C23H44BN3O4/c1-9-10-13-25-20(29)23(26-17(2)28)15-18(14-19(16-23)27(7)8)11-12-24-30-21(3,4)22(5,6)31-24/h18-19H,9-16H2,1-8H3,(H,25,29)(H,26,28). The average Bonchev–Trinajstić information content (AvgIpc) is 2.86.